The van der Waals surface area contributed by atoms with Crippen molar-refractivity contribution in [3.05, 3.63) is 208 Å². The number of aryl methyl sites for hydroxylation is 3. The van der Waals surface area contributed by atoms with Crippen molar-refractivity contribution in [3.8, 4) is 5.75 Å². The van der Waals surface area contributed by atoms with Gasteiger partial charge in [-0.05, 0) is 78.5 Å². The highest BCUT2D eigenvalue weighted by Crippen LogP contribution is 2.45. The molecule has 258 valence electrons. The zero-order valence-electron chi connectivity index (χ0n) is 29.9. The Morgan fingerprint density at radius 1 is 0.431 bits per heavy atom. The molecule has 0 spiro atoms. The maximum Gasteiger partial charge on any atom is 0.343 e. The molecule has 4 aromatic carbocycles. The van der Waals surface area contributed by atoms with E-state index < -0.39 is 5.41 Å². The highest BCUT2D eigenvalue weighted by atomic mass is 16.5. The molecule has 4 nitrogen and oxygen atoms in total. The van der Waals surface area contributed by atoms with Crippen LogP contribution in [-0.4, -0.2) is 45.4 Å². The Morgan fingerprint density at radius 3 is 1.33 bits per heavy atom. The molecule has 6 rings (SSSR count). The van der Waals surface area contributed by atoms with Gasteiger partial charge in [0.1, 0.15) is 19.0 Å². The van der Waals surface area contributed by atoms with E-state index >= 15 is 0 Å². The van der Waals surface area contributed by atoms with Gasteiger partial charge < -0.3 is 14.2 Å². The van der Waals surface area contributed by atoms with E-state index in [0.717, 1.165) is 17.1 Å². The largest absolute Gasteiger partial charge is 0.491 e. The summed E-state index contributed by atoms with van der Waals surface area (Å²) in [5.74, 6) is 1.64. The summed E-state index contributed by atoms with van der Waals surface area (Å²) in [6, 6.07) is 35.3. The fraction of sp³-hybridized carbons (Fsp3) is 0.213. The van der Waals surface area contributed by atoms with Crippen molar-refractivity contribution in [2.75, 3.05) is 39.6 Å². The van der Waals surface area contributed by atoms with Gasteiger partial charge in [0.25, 0.3) is 6.61 Å². The molecule has 51 heavy (non-hydrogen) atoms. The topological polar surface area (TPSA) is 39.0 Å². The number of hydrogen-bond donors (Lipinski definition) is 0. The van der Waals surface area contributed by atoms with Gasteiger partial charge in [-0.3, -0.25) is 4.42 Å². The van der Waals surface area contributed by atoms with Gasteiger partial charge in [0.2, 0.25) is 0 Å². The molecule has 2 aliphatic rings. The number of allylic oxidation sites excluding steroid dienone is 12. The molecule has 4 aromatic rings. The maximum absolute atomic E-state index is 6.09. The second-order valence-corrected chi connectivity index (χ2v) is 12.9. The normalized spacial score (nSPS) is 13.9. The molecule has 2 aliphatic carbocycles. The number of hydrogen-bond acceptors (Lipinski definition) is 3. The van der Waals surface area contributed by atoms with Crippen LogP contribution < -0.4 is 4.74 Å². The minimum Gasteiger partial charge on any atom is -0.491 e. The van der Waals surface area contributed by atoms with Crippen LogP contribution >= 0.6 is 0 Å². The Kier molecular flexibility index (Phi) is 12.2. The second kappa shape index (κ2) is 17.6. The Hall–Kier alpha value is -5.29. The summed E-state index contributed by atoms with van der Waals surface area (Å²) in [5.41, 5.74) is 10.4. The summed E-state index contributed by atoms with van der Waals surface area (Å²) in [5, 5.41) is 0. The van der Waals surface area contributed by atoms with Crippen molar-refractivity contribution in [1.82, 2.24) is 0 Å². The summed E-state index contributed by atoms with van der Waals surface area (Å²) in [7, 11) is 0. The third-order valence-corrected chi connectivity index (χ3v) is 9.18. The van der Waals surface area contributed by atoms with Gasteiger partial charge in [-0.1, -0.05) is 138 Å². The first kappa shape index (κ1) is 35.5. The zero-order chi connectivity index (χ0) is 35.3. The van der Waals surface area contributed by atoms with E-state index in [4.69, 9.17) is 18.6 Å². The number of benzene rings is 4. The molecule has 0 radical (unpaired) electrons. The Bertz CT molecular complexity index is 1800. The van der Waals surface area contributed by atoms with E-state index in [1.807, 2.05) is 36.5 Å². The number of carbonyl (C=O) groups excluding carboxylic acids is 1. The molecule has 0 amide bonds. The quantitative estimate of drug-likeness (QED) is 0.0759. The molecule has 0 unspecified atom stereocenters. The van der Waals surface area contributed by atoms with E-state index in [9.17, 15) is 0 Å². The average Bonchev–Trinajstić information content (AvgIpc) is 3.45. The Labute approximate surface area is 303 Å². The summed E-state index contributed by atoms with van der Waals surface area (Å²) in [4.78, 5) is 0. The van der Waals surface area contributed by atoms with Crippen LogP contribution in [0.3, 0.4) is 0 Å². The third-order valence-electron chi connectivity index (χ3n) is 9.18. The standard InChI is InChI=1S/C47H47O4/c1-36-10-18-41(19-11-36)47(42-20-12-37(2)13-21-42,43-22-14-38(3)15-23-43)44-24-28-46(29-25-44)51-35-33-49-31-30-48-32-34-50-45-26-16-40(17-27-45)39-8-6-4-5-7-9-39/h4-29H,30-35H2,1-3H3/q+1. The predicted octanol–water partition coefficient (Wildman–Crippen LogP) is 9.62. The van der Waals surface area contributed by atoms with Crippen LogP contribution in [0.5, 0.6) is 5.75 Å². The fourth-order valence-electron chi connectivity index (χ4n) is 6.41. The summed E-state index contributed by atoms with van der Waals surface area (Å²) >= 11 is 0. The lowest BCUT2D eigenvalue weighted by molar-refractivity contribution is -0.459. The van der Waals surface area contributed by atoms with Crippen LogP contribution in [0.4, 0.5) is 0 Å². The van der Waals surface area contributed by atoms with Gasteiger partial charge in [-0.2, -0.15) is 0 Å². The minimum atomic E-state index is -0.493. The summed E-state index contributed by atoms with van der Waals surface area (Å²) < 4.78 is 23.4. The third kappa shape index (κ3) is 9.09. The lowest BCUT2D eigenvalue weighted by Crippen LogP contribution is -2.31. The van der Waals surface area contributed by atoms with Crippen molar-refractivity contribution in [2.45, 2.75) is 26.2 Å². The van der Waals surface area contributed by atoms with Crippen LogP contribution in [0.15, 0.2) is 169 Å². The van der Waals surface area contributed by atoms with Crippen molar-refractivity contribution in [1.29, 1.82) is 0 Å². The highest BCUT2D eigenvalue weighted by Gasteiger charge is 2.38. The van der Waals surface area contributed by atoms with Gasteiger partial charge in [0.15, 0.2) is 0 Å². The molecule has 4 heteroatoms. The van der Waals surface area contributed by atoms with Crippen molar-refractivity contribution >= 4 is 5.78 Å². The number of ether oxygens (including phenoxy) is 3. The second-order valence-electron chi connectivity index (χ2n) is 12.9. The Morgan fingerprint density at radius 2 is 0.843 bits per heavy atom. The lowest BCUT2D eigenvalue weighted by Gasteiger charge is -2.37. The van der Waals surface area contributed by atoms with Crippen LogP contribution in [-0.2, 0) is 19.3 Å². The highest BCUT2D eigenvalue weighted by molar-refractivity contribution is 6.01. The van der Waals surface area contributed by atoms with Gasteiger partial charge in [0, 0.05) is 12.2 Å². The molecule has 0 aromatic heterocycles. The lowest BCUT2D eigenvalue weighted by atomic mass is 9.65. The molecule has 0 heterocycles. The smallest absolute Gasteiger partial charge is 0.343 e. The summed E-state index contributed by atoms with van der Waals surface area (Å²) in [6.07, 6.45) is 20.5. The fourth-order valence-corrected chi connectivity index (χ4v) is 6.41. The van der Waals surface area contributed by atoms with Crippen LogP contribution in [0.1, 0.15) is 38.9 Å². The monoisotopic (exact) mass is 675 g/mol. The van der Waals surface area contributed by atoms with Gasteiger partial charge >= 0.3 is 5.78 Å². The van der Waals surface area contributed by atoms with Crippen LogP contribution in [0.25, 0.3) is 0 Å². The van der Waals surface area contributed by atoms with E-state index in [1.54, 1.807) is 0 Å². The molecule has 0 N–H and O–H groups in total. The first-order chi connectivity index (χ1) is 25.0. The van der Waals surface area contributed by atoms with Gasteiger partial charge in [-0.15, -0.1) is 0 Å². The molecule has 0 aliphatic heterocycles. The first-order valence-electron chi connectivity index (χ1n) is 17.7. The molecule has 0 atom stereocenters. The van der Waals surface area contributed by atoms with Gasteiger partial charge in [0.05, 0.1) is 25.2 Å². The van der Waals surface area contributed by atoms with E-state index in [-0.39, 0.29) is 0 Å². The molecule has 0 saturated carbocycles. The molecular formula is C47H47O4+. The summed E-state index contributed by atoms with van der Waals surface area (Å²) in [6.45, 7) is 9.32. The van der Waals surface area contributed by atoms with E-state index in [1.165, 1.54) is 44.5 Å². The average molecular weight is 676 g/mol. The van der Waals surface area contributed by atoms with Crippen molar-refractivity contribution < 1.29 is 18.6 Å². The van der Waals surface area contributed by atoms with E-state index in [0.29, 0.717) is 39.6 Å². The number of ketones is 1. The zero-order valence-corrected chi connectivity index (χ0v) is 29.9. The van der Waals surface area contributed by atoms with Crippen LogP contribution in [0, 0.1) is 20.8 Å². The first-order valence-corrected chi connectivity index (χ1v) is 17.7. The molecule has 0 bridgehead atoms. The maximum atomic E-state index is 6.09. The van der Waals surface area contributed by atoms with E-state index in [2.05, 4.69) is 142 Å². The van der Waals surface area contributed by atoms with Crippen molar-refractivity contribution in [3.63, 3.8) is 0 Å². The SMILES string of the molecule is Cc1ccc(C(c2ccc(C)cc2)(c2ccc(C)cc2)c2ccc(OCCOCCOCC[O+]=C3C=CC(=C4C=CC=CC=C4)C=C3)cc2)cc1. The number of rotatable bonds is 14. The minimum absolute atomic E-state index is 0.457. The van der Waals surface area contributed by atoms with Crippen LogP contribution in [0.2, 0.25) is 0 Å². The Balaban J connectivity index is 1.00. The van der Waals surface area contributed by atoms with Crippen molar-refractivity contribution in [2.24, 2.45) is 0 Å². The molecule has 0 saturated heterocycles. The molecular weight excluding hydrogens is 629 g/mol. The predicted molar refractivity (Wildman–Crippen MR) is 209 cm³/mol. The van der Waals surface area contributed by atoms with Gasteiger partial charge in [-0.25, -0.2) is 0 Å². The molecule has 0 fully saturated rings.